The predicted molar refractivity (Wildman–Crippen MR) is 71.2 cm³/mol. The molecule has 4 nitrogen and oxygen atoms in total. The van der Waals surface area contributed by atoms with Crippen LogP contribution in [0.1, 0.15) is 46.0 Å². The Labute approximate surface area is 105 Å². The third-order valence-corrected chi connectivity index (χ3v) is 5.87. The third-order valence-electron chi connectivity index (χ3n) is 4.23. The van der Waals surface area contributed by atoms with E-state index in [-0.39, 0.29) is 11.3 Å². The van der Waals surface area contributed by atoms with E-state index in [1.165, 1.54) is 6.26 Å². The maximum atomic E-state index is 11.6. The molecule has 102 valence electrons. The van der Waals surface area contributed by atoms with Crippen LogP contribution in [0.15, 0.2) is 0 Å². The minimum Gasteiger partial charge on any atom is -0.271 e. The molecule has 0 radical (unpaired) electrons. The summed E-state index contributed by atoms with van der Waals surface area (Å²) in [6.07, 6.45) is 6.08. The Morgan fingerprint density at radius 1 is 1.41 bits per heavy atom. The number of nitrogens with two attached hydrogens (primary N) is 1. The minimum atomic E-state index is -2.90. The standard InChI is InChI=1S/C12H26N2O2S/c1-4-9(2)12(14-13)10-6-5-7-11(8-10)17(3,15)16/h9-12,14H,4-8,13H2,1-3H3. The van der Waals surface area contributed by atoms with Crippen molar-refractivity contribution >= 4 is 9.84 Å². The Morgan fingerprint density at radius 3 is 2.53 bits per heavy atom. The van der Waals surface area contributed by atoms with Crippen molar-refractivity contribution < 1.29 is 8.42 Å². The summed E-state index contributed by atoms with van der Waals surface area (Å²) in [4.78, 5) is 0. The molecule has 4 atom stereocenters. The Bertz CT molecular complexity index is 329. The molecule has 1 fully saturated rings. The first-order valence-corrected chi connectivity index (χ1v) is 8.50. The van der Waals surface area contributed by atoms with Crippen LogP contribution in [0.3, 0.4) is 0 Å². The van der Waals surface area contributed by atoms with Crippen LogP contribution >= 0.6 is 0 Å². The number of hydrogen-bond acceptors (Lipinski definition) is 4. The van der Waals surface area contributed by atoms with Crippen LogP contribution in [0.5, 0.6) is 0 Å². The second-order valence-electron chi connectivity index (χ2n) is 5.46. The second-order valence-corrected chi connectivity index (χ2v) is 7.78. The first-order valence-electron chi connectivity index (χ1n) is 6.55. The van der Waals surface area contributed by atoms with Crippen molar-refractivity contribution in [3.63, 3.8) is 0 Å². The molecule has 3 N–H and O–H groups in total. The Hall–Kier alpha value is -0.130. The van der Waals surface area contributed by atoms with Gasteiger partial charge in [-0.25, -0.2) is 8.42 Å². The van der Waals surface area contributed by atoms with Crippen molar-refractivity contribution in [2.24, 2.45) is 17.7 Å². The van der Waals surface area contributed by atoms with Crippen molar-refractivity contribution in [1.29, 1.82) is 0 Å². The molecule has 0 aromatic carbocycles. The van der Waals surface area contributed by atoms with E-state index in [9.17, 15) is 8.42 Å². The smallest absolute Gasteiger partial charge is 0.150 e. The van der Waals surface area contributed by atoms with E-state index in [1.807, 2.05) is 0 Å². The van der Waals surface area contributed by atoms with Gasteiger partial charge in [0.05, 0.1) is 5.25 Å². The molecule has 1 rings (SSSR count). The van der Waals surface area contributed by atoms with E-state index in [1.54, 1.807) is 0 Å². The van der Waals surface area contributed by atoms with E-state index in [0.29, 0.717) is 11.8 Å². The maximum Gasteiger partial charge on any atom is 0.150 e. The van der Waals surface area contributed by atoms with Crippen molar-refractivity contribution in [2.45, 2.75) is 57.2 Å². The van der Waals surface area contributed by atoms with Crippen LogP contribution in [0, 0.1) is 11.8 Å². The van der Waals surface area contributed by atoms with Crippen LogP contribution in [-0.4, -0.2) is 26.0 Å². The summed E-state index contributed by atoms with van der Waals surface area (Å²) < 4.78 is 23.3. The molecule has 1 aliphatic carbocycles. The number of hydrogen-bond donors (Lipinski definition) is 2. The third kappa shape index (κ3) is 3.93. The molecule has 17 heavy (non-hydrogen) atoms. The molecular formula is C12H26N2O2S. The fourth-order valence-corrected chi connectivity index (χ4v) is 4.11. The Balaban J connectivity index is 2.71. The van der Waals surface area contributed by atoms with Crippen molar-refractivity contribution in [1.82, 2.24) is 5.43 Å². The fraction of sp³-hybridized carbons (Fsp3) is 1.00. The largest absolute Gasteiger partial charge is 0.271 e. The predicted octanol–water partition coefficient (Wildman–Crippen LogP) is 1.47. The van der Waals surface area contributed by atoms with E-state index < -0.39 is 9.84 Å². The molecule has 0 heterocycles. The van der Waals surface area contributed by atoms with Crippen molar-refractivity contribution in [3.8, 4) is 0 Å². The summed E-state index contributed by atoms with van der Waals surface area (Å²) in [6.45, 7) is 4.32. The highest BCUT2D eigenvalue weighted by atomic mass is 32.2. The molecule has 0 aliphatic heterocycles. The van der Waals surface area contributed by atoms with Gasteiger partial charge in [-0.1, -0.05) is 26.7 Å². The zero-order chi connectivity index (χ0) is 13.1. The molecule has 0 bridgehead atoms. The van der Waals surface area contributed by atoms with E-state index in [4.69, 9.17) is 5.84 Å². The summed E-state index contributed by atoms with van der Waals surface area (Å²) in [5.41, 5.74) is 2.90. The normalized spacial score (nSPS) is 29.9. The summed E-state index contributed by atoms with van der Waals surface area (Å²) in [6, 6.07) is 0.240. The lowest BCUT2D eigenvalue weighted by atomic mass is 9.78. The van der Waals surface area contributed by atoms with Gasteiger partial charge in [-0.3, -0.25) is 11.3 Å². The lowest BCUT2D eigenvalue weighted by molar-refractivity contribution is 0.213. The SMILES string of the molecule is CCC(C)C(NN)C1CCCC(S(C)(=O)=O)C1. The van der Waals surface area contributed by atoms with E-state index >= 15 is 0 Å². The van der Waals surface area contributed by atoms with Gasteiger partial charge in [0, 0.05) is 12.3 Å². The average Bonchev–Trinajstić information content (AvgIpc) is 2.29. The van der Waals surface area contributed by atoms with Gasteiger partial charge in [-0.05, 0) is 31.1 Å². The summed E-state index contributed by atoms with van der Waals surface area (Å²) >= 11 is 0. The van der Waals surface area contributed by atoms with Crippen molar-refractivity contribution in [3.05, 3.63) is 0 Å². The highest BCUT2D eigenvalue weighted by Crippen LogP contribution is 2.33. The lowest BCUT2D eigenvalue weighted by Gasteiger charge is -2.36. The lowest BCUT2D eigenvalue weighted by Crippen LogP contribution is -2.47. The first kappa shape index (κ1) is 14.9. The second kappa shape index (κ2) is 6.16. The molecule has 0 aromatic rings. The monoisotopic (exact) mass is 262 g/mol. The van der Waals surface area contributed by atoms with Crippen LogP contribution in [0.2, 0.25) is 0 Å². The molecule has 1 saturated carbocycles. The zero-order valence-electron chi connectivity index (χ0n) is 11.1. The van der Waals surface area contributed by atoms with Crippen LogP contribution in [0.4, 0.5) is 0 Å². The molecule has 5 heteroatoms. The van der Waals surface area contributed by atoms with E-state index in [0.717, 1.165) is 32.1 Å². The molecule has 0 saturated heterocycles. The van der Waals surface area contributed by atoms with Gasteiger partial charge in [-0.15, -0.1) is 0 Å². The topological polar surface area (TPSA) is 72.2 Å². The molecule has 1 aliphatic rings. The van der Waals surface area contributed by atoms with Gasteiger partial charge in [0.25, 0.3) is 0 Å². The molecule has 0 spiro atoms. The number of nitrogens with one attached hydrogen (secondary N) is 1. The molecule has 4 unspecified atom stereocenters. The van der Waals surface area contributed by atoms with Gasteiger partial charge < -0.3 is 0 Å². The molecule has 0 amide bonds. The number of hydrazine groups is 1. The quantitative estimate of drug-likeness (QED) is 0.581. The van der Waals surface area contributed by atoms with Gasteiger partial charge in [0.1, 0.15) is 9.84 Å². The van der Waals surface area contributed by atoms with Crippen LogP contribution in [-0.2, 0) is 9.84 Å². The van der Waals surface area contributed by atoms with Gasteiger partial charge in [0.2, 0.25) is 0 Å². The van der Waals surface area contributed by atoms with Crippen molar-refractivity contribution in [2.75, 3.05) is 6.26 Å². The molecular weight excluding hydrogens is 236 g/mol. The molecule has 0 aromatic heterocycles. The highest BCUT2D eigenvalue weighted by Gasteiger charge is 2.34. The Kier molecular flexibility index (Phi) is 5.41. The number of rotatable bonds is 5. The minimum absolute atomic E-state index is 0.166. The average molecular weight is 262 g/mol. The number of sulfone groups is 1. The fourth-order valence-electron chi connectivity index (χ4n) is 2.92. The van der Waals surface area contributed by atoms with Gasteiger partial charge in [-0.2, -0.15) is 0 Å². The first-order chi connectivity index (χ1) is 7.90. The Morgan fingerprint density at radius 2 is 2.06 bits per heavy atom. The van der Waals surface area contributed by atoms with Gasteiger partial charge >= 0.3 is 0 Å². The van der Waals surface area contributed by atoms with Gasteiger partial charge in [0.15, 0.2) is 0 Å². The van der Waals surface area contributed by atoms with E-state index in [2.05, 4.69) is 19.3 Å². The van der Waals surface area contributed by atoms with Crippen LogP contribution in [0.25, 0.3) is 0 Å². The maximum absolute atomic E-state index is 11.6. The summed E-state index contributed by atoms with van der Waals surface area (Å²) in [5.74, 6) is 6.52. The highest BCUT2D eigenvalue weighted by molar-refractivity contribution is 7.91. The summed E-state index contributed by atoms with van der Waals surface area (Å²) in [7, 11) is -2.90. The zero-order valence-corrected chi connectivity index (χ0v) is 12.0. The summed E-state index contributed by atoms with van der Waals surface area (Å²) in [5, 5.41) is -0.166. The van der Waals surface area contributed by atoms with Crippen LogP contribution < -0.4 is 11.3 Å².